The summed E-state index contributed by atoms with van der Waals surface area (Å²) >= 11 is 0. The van der Waals surface area contributed by atoms with Gasteiger partial charge in [-0.3, -0.25) is 4.79 Å². The SMILES string of the molecule is COc1cc(C#CCC(=O)O)cc(C(F)(F)F)c1. The molecule has 0 saturated heterocycles. The molecule has 0 saturated carbocycles. The van der Waals surface area contributed by atoms with Gasteiger partial charge in [0, 0.05) is 5.56 Å². The van der Waals surface area contributed by atoms with Crippen LogP contribution in [-0.4, -0.2) is 18.2 Å². The second-order valence-electron chi connectivity index (χ2n) is 3.32. The zero-order chi connectivity index (χ0) is 13.8. The number of benzene rings is 1. The van der Waals surface area contributed by atoms with Crippen LogP contribution in [0.15, 0.2) is 18.2 Å². The number of methoxy groups -OCH3 is 1. The maximum absolute atomic E-state index is 12.5. The number of aliphatic carboxylic acids is 1. The highest BCUT2D eigenvalue weighted by atomic mass is 19.4. The number of carboxylic acids is 1. The summed E-state index contributed by atoms with van der Waals surface area (Å²) in [6.07, 6.45) is -4.93. The van der Waals surface area contributed by atoms with E-state index in [2.05, 4.69) is 11.8 Å². The zero-order valence-corrected chi connectivity index (χ0v) is 9.34. The van der Waals surface area contributed by atoms with Crippen molar-refractivity contribution in [2.24, 2.45) is 0 Å². The monoisotopic (exact) mass is 258 g/mol. The van der Waals surface area contributed by atoms with Crippen LogP contribution in [0.25, 0.3) is 0 Å². The van der Waals surface area contributed by atoms with E-state index in [1.165, 1.54) is 13.2 Å². The van der Waals surface area contributed by atoms with Gasteiger partial charge in [-0.1, -0.05) is 11.8 Å². The third-order valence-electron chi connectivity index (χ3n) is 1.94. The molecule has 1 N–H and O–H groups in total. The molecule has 0 radical (unpaired) electrons. The Labute approximate surface area is 101 Å². The number of halogens is 3. The van der Waals surface area contributed by atoms with Gasteiger partial charge in [-0.25, -0.2) is 0 Å². The van der Waals surface area contributed by atoms with Gasteiger partial charge in [0.2, 0.25) is 0 Å². The average Bonchev–Trinajstić information content (AvgIpc) is 2.27. The van der Waals surface area contributed by atoms with Crippen molar-refractivity contribution in [1.29, 1.82) is 0 Å². The van der Waals surface area contributed by atoms with Crippen molar-refractivity contribution in [3.63, 3.8) is 0 Å². The molecule has 3 nitrogen and oxygen atoms in total. The summed E-state index contributed by atoms with van der Waals surface area (Å²) < 4.78 is 42.3. The molecule has 1 aromatic carbocycles. The van der Waals surface area contributed by atoms with Crippen LogP contribution >= 0.6 is 0 Å². The van der Waals surface area contributed by atoms with Crippen molar-refractivity contribution >= 4 is 5.97 Å². The fourth-order valence-corrected chi connectivity index (χ4v) is 1.17. The molecule has 96 valence electrons. The molecule has 0 fully saturated rings. The molecule has 0 heterocycles. The quantitative estimate of drug-likeness (QED) is 0.829. The van der Waals surface area contributed by atoms with Gasteiger partial charge in [-0.15, -0.1) is 0 Å². The predicted molar refractivity (Wildman–Crippen MR) is 57.1 cm³/mol. The topological polar surface area (TPSA) is 46.5 Å². The second-order valence-corrected chi connectivity index (χ2v) is 3.32. The Hall–Kier alpha value is -2.16. The molecule has 0 aliphatic rings. The van der Waals surface area contributed by atoms with E-state index in [0.29, 0.717) is 0 Å². The lowest BCUT2D eigenvalue weighted by molar-refractivity contribution is -0.138. The van der Waals surface area contributed by atoms with Crippen molar-refractivity contribution in [2.75, 3.05) is 7.11 Å². The number of ether oxygens (including phenoxy) is 1. The van der Waals surface area contributed by atoms with Crippen LogP contribution in [0.2, 0.25) is 0 Å². The maximum Gasteiger partial charge on any atom is 0.416 e. The number of carboxylic acid groups (broad SMARTS) is 1. The van der Waals surface area contributed by atoms with E-state index in [9.17, 15) is 18.0 Å². The standard InChI is InChI=1S/C12H9F3O3/c1-18-10-6-8(3-2-4-11(16)17)5-9(7-10)12(13,14)15/h5-7H,4H2,1H3,(H,16,17). The molecule has 0 aliphatic heterocycles. The molecule has 1 aromatic rings. The fraction of sp³-hybridized carbons (Fsp3) is 0.250. The Morgan fingerprint density at radius 2 is 2.06 bits per heavy atom. The summed E-state index contributed by atoms with van der Waals surface area (Å²) in [5.74, 6) is 3.49. The second kappa shape index (κ2) is 5.45. The first-order valence-corrected chi connectivity index (χ1v) is 4.80. The van der Waals surface area contributed by atoms with E-state index >= 15 is 0 Å². The molecule has 6 heteroatoms. The molecule has 0 aliphatic carbocycles. The van der Waals surface area contributed by atoms with Gasteiger partial charge in [0.25, 0.3) is 0 Å². The lowest BCUT2D eigenvalue weighted by Crippen LogP contribution is -2.05. The predicted octanol–water partition coefficient (Wildman–Crippen LogP) is 2.54. The molecule has 0 aromatic heterocycles. The Kier molecular flexibility index (Phi) is 4.21. The molecule has 0 amide bonds. The van der Waals surface area contributed by atoms with Gasteiger partial charge in [-0.05, 0) is 18.2 Å². The smallest absolute Gasteiger partial charge is 0.416 e. The minimum Gasteiger partial charge on any atom is -0.497 e. The average molecular weight is 258 g/mol. The minimum atomic E-state index is -4.50. The fourth-order valence-electron chi connectivity index (χ4n) is 1.17. The number of alkyl halides is 3. The number of hydrogen-bond donors (Lipinski definition) is 1. The molecular weight excluding hydrogens is 249 g/mol. The van der Waals surface area contributed by atoms with Crippen molar-refractivity contribution in [3.05, 3.63) is 29.3 Å². The molecule has 18 heavy (non-hydrogen) atoms. The van der Waals surface area contributed by atoms with Crippen LogP contribution in [0, 0.1) is 11.8 Å². The highest BCUT2D eigenvalue weighted by molar-refractivity contribution is 5.70. The highest BCUT2D eigenvalue weighted by Crippen LogP contribution is 2.32. The molecular formula is C12H9F3O3. The zero-order valence-electron chi connectivity index (χ0n) is 9.34. The van der Waals surface area contributed by atoms with Gasteiger partial charge >= 0.3 is 12.1 Å². The van der Waals surface area contributed by atoms with Crippen LogP contribution < -0.4 is 4.74 Å². The Bertz CT molecular complexity index is 510. The summed E-state index contributed by atoms with van der Waals surface area (Å²) in [6.45, 7) is 0. The lowest BCUT2D eigenvalue weighted by atomic mass is 10.1. The summed E-state index contributed by atoms with van der Waals surface area (Å²) in [7, 11) is 1.24. The number of rotatable bonds is 2. The summed E-state index contributed by atoms with van der Waals surface area (Å²) in [4.78, 5) is 10.2. The van der Waals surface area contributed by atoms with Gasteiger partial charge in [0.15, 0.2) is 0 Å². The Morgan fingerprint density at radius 1 is 1.39 bits per heavy atom. The Morgan fingerprint density at radius 3 is 2.56 bits per heavy atom. The van der Waals surface area contributed by atoms with Crippen LogP contribution in [0.4, 0.5) is 13.2 Å². The maximum atomic E-state index is 12.5. The van der Waals surface area contributed by atoms with E-state index in [-0.39, 0.29) is 11.3 Å². The summed E-state index contributed by atoms with van der Waals surface area (Å²) in [5.41, 5.74) is -0.829. The van der Waals surface area contributed by atoms with E-state index in [4.69, 9.17) is 9.84 Å². The summed E-state index contributed by atoms with van der Waals surface area (Å²) in [5, 5.41) is 8.37. The van der Waals surface area contributed by atoms with E-state index in [0.717, 1.165) is 12.1 Å². The third-order valence-corrected chi connectivity index (χ3v) is 1.94. The number of carbonyl (C=O) groups is 1. The number of hydrogen-bond acceptors (Lipinski definition) is 2. The molecule has 0 atom stereocenters. The van der Waals surface area contributed by atoms with Crippen LogP contribution in [0.1, 0.15) is 17.5 Å². The van der Waals surface area contributed by atoms with Crippen LogP contribution in [-0.2, 0) is 11.0 Å². The van der Waals surface area contributed by atoms with E-state index in [1.54, 1.807) is 0 Å². The van der Waals surface area contributed by atoms with E-state index in [1.807, 2.05) is 0 Å². The largest absolute Gasteiger partial charge is 0.497 e. The lowest BCUT2D eigenvalue weighted by Gasteiger charge is -2.09. The minimum absolute atomic E-state index is 0.0180. The highest BCUT2D eigenvalue weighted by Gasteiger charge is 2.31. The van der Waals surface area contributed by atoms with Crippen molar-refractivity contribution in [2.45, 2.75) is 12.6 Å². The van der Waals surface area contributed by atoms with Gasteiger partial charge < -0.3 is 9.84 Å². The van der Waals surface area contributed by atoms with Crippen LogP contribution in [0.5, 0.6) is 5.75 Å². The molecule has 1 rings (SSSR count). The molecule has 0 bridgehead atoms. The van der Waals surface area contributed by atoms with Gasteiger partial charge in [0.1, 0.15) is 12.2 Å². The first-order chi connectivity index (χ1) is 8.32. The normalized spacial score (nSPS) is 10.4. The van der Waals surface area contributed by atoms with Crippen molar-refractivity contribution in [1.82, 2.24) is 0 Å². The first-order valence-electron chi connectivity index (χ1n) is 4.80. The van der Waals surface area contributed by atoms with Crippen molar-refractivity contribution < 1.29 is 27.8 Å². The summed E-state index contributed by atoms with van der Waals surface area (Å²) in [6, 6.07) is 3.00. The molecule has 0 spiro atoms. The Balaban J connectivity index is 3.11. The van der Waals surface area contributed by atoms with Gasteiger partial charge in [0.05, 0.1) is 12.7 Å². The van der Waals surface area contributed by atoms with Crippen molar-refractivity contribution in [3.8, 4) is 17.6 Å². The van der Waals surface area contributed by atoms with E-state index < -0.39 is 24.1 Å². The third kappa shape index (κ3) is 4.01. The van der Waals surface area contributed by atoms with Crippen LogP contribution in [0.3, 0.4) is 0 Å². The molecule has 0 unspecified atom stereocenters. The first kappa shape index (κ1) is 13.9. The van der Waals surface area contributed by atoms with Gasteiger partial charge in [-0.2, -0.15) is 13.2 Å².